The fourth-order valence-electron chi connectivity index (χ4n) is 6.21. The maximum atomic E-state index is 13.6. The van der Waals surface area contributed by atoms with Gasteiger partial charge in [0.05, 0.1) is 25.7 Å². The molecule has 0 spiro atoms. The molecule has 17 N–H and O–H groups in total. The van der Waals surface area contributed by atoms with E-state index < -0.39 is 122 Å². The van der Waals surface area contributed by atoms with Crippen molar-refractivity contribution in [1.82, 2.24) is 42.2 Å². The van der Waals surface area contributed by atoms with E-state index in [9.17, 15) is 58.5 Å². The highest BCUT2D eigenvalue weighted by atomic mass is 16.4. The lowest BCUT2D eigenvalue weighted by molar-refractivity contribution is -0.142. The minimum Gasteiger partial charge on any atom is -0.481 e. The third kappa shape index (κ3) is 18.0. The van der Waals surface area contributed by atoms with E-state index in [0.29, 0.717) is 5.56 Å². The first-order valence-electron chi connectivity index (χ1n) is 20.4. The van der Waals surface area contributed by atoms with Crippen molar-refractivity contribution in [1.29, 1.82) is 0 Å². The van der Waals surface area contributed by atoms with Crippen LogP contribution in [-0.2, 0) is 56.0 Å². The lowest BCUT2D eigenvalue weighted by Gasteiger charge is -2.23. The molecule has 1 heterocycles. The van der Waals surface area contributed by atoms with Crippen molar-refractivity contribution in [2.45, 2.75) is 81.7 Å². The van der Waals surface area contributed by atoms with Gasteiger partial charge in [0.2, 0.25) is 41.4 Å². The summed E-state index contributed by atoms with van der Waals surface area (Å²) in [5.41, 5.74) is 18.6. The Hall–Kier alpha value is -7.60. The van der Waals surface area contributed by atoms with Crippen LogP contribution in [0, 0.1) is 0 Å². The van der Waals surface area contributed by atoms with Crippen molar-refractivity contribution >= 4 is 70.2 Å². The van der Waals surface area contributed by atoms with E-state index in [1.165, 1.54) is 6.92 Å². The molecule has 7 amide bonds. The van der Waals surface area contributed by atoms with E-state index in [1.54, 1.807) is 60.8 Å². The summed E-state index contributed by atoms with van der Waals surface area (Å²) in [6.07, 6.45) is 0.810. The number of aliphatic imine (C=N–C) groups is 1. The zero-order chi connectivity index (χ0) is 48.1. The number of guanidine groups is 1. The number of amides is 7. The van der Waals surface area contributed by atoms with Gasteiger partial charge in [-0.3, -0.25) is 43.3 Å². The van der Waals surface area contributed by atoms with Crippen molar-refractivity contribution in [3.8, 4) is 0 Å². The maximum Gasteiger partial charge on any atom is 0.326 e. The van der Waals surface area contributed by atoms with Crippen molar-refractivity contribution < 1.29 is 58.5 Å². The molecular formula is C41H56N12O12. The Morgan fingerprint density at radius 3 is 1.91 bits per heavy atom. The number of aromatic amines is 1. The average Bonchev–Trinajstić information content (AvgIpc) is 3.68. The Labute approximate surface area is 372 Å². The summed E-state index contributed by atoms with van der Waals surface area (Å²) in [5, 5.41) is 45.9. The van der Waals surface area contributed by atoms with Crippen LogP contribution < -0.4 is 54.4 Å². The zero-order valence-electron chi connectivity index (χ0n) is 35.5. The number of carbonyl (C=O) groups is 9. The first-order valence-corrected chi connectivity index (χ1v) is 20.4. The Morgan fingerprint density at radius 2 is 1.28 bits per heavy atom. The van der Waals surface area contributed by atoms with Gasteiger partial charge in [-0.25, -0.2) is 4.79 Å². The second-order valence-corrected chi connectivity index (χ2v) is 14.8. The summed E-state index contributed by atoms with van der Waals surface area (Å²) in [7, 11) is 0. The number of benzene rings is 2. The number of para-hydroxylation sites is 1. The predicted molar refractivity (Wildman–Crippen MR) is 233 cm³/mol. The zero-order valence-corrected chi connectivity index (χ0v) is 35.5. The molecule has 0 aliphatic carbocycles. The maximum absolute atomic E-state index is 13.6. The van der Waals surface area contributed by atoms with E-state index in [0.717, 1.165) is 16.5 Å². The van der Waals surface area contributed by atoms with Crippen LogP contribution in [0.3, 0.4) is 0 Å². The van der Waals surface area contributed by atoms with Gasteiger partial charge >= 0.3 is 11.9 Å². The predicted octanol–water partition coefficient (Wildman–Crippen LogP) is -4.05. The number of carboxylic acids is 2. The molecule has 0 aliphatic rings. The molecule has 0 radical (unpaired) electrons. The Kier molecular flexibility index (Phi) is 20.8. The number of nitrogens with one attached hydrogen (secondary N) is 8. The van der Waals surface area contributed by atoms with Gasteiger partial charge in [-0.2, -0.15) is 0 Å². The quantitative estimate of drug-likeness (QED) is 0.0197. The fraction of sp³-hybridized carbons (Fsp3) is 0.415. The molecule has 6 atom stereocenters. The molecule has 3 aromatic rings. The molecule has 24 nitrogen and oxygen atoms in total. The number of rotatable bonds is 27. The molecule has 0 saturated heterocycles. The van der Waals surface area contributed by atoms with E-state index >= 15 is 0 Å². The SMILES string of the molecule is C[C@H](NC(=O)CNC(=O)[C@H](Cc1c[nH]c2ccccc12)NC(=O)[C@H](CO)NC(=O)[C@@H](N)Cc1ccccc1)C(=O)N[C@H](CCC(=O)O)C(=O)NCC(=O)N[C@@H](CCCN=C(N)N)C(=O)O. The number of aliphatic carboxylic acids is 2. The molecule has 1 aromatic heterocycles. The lowest BCUT2D eigenvalue weighted by Crippen LogP contribution is -2.58. The third-order valence-corrected chi connectivity index (χ3v) is 9.66. The summed E-state index contributed by atoms with van der Waals surface area (Å²) in [6, 6.07) is 7.87. The monoisotopic (exact) mass is 908 g/mol. The highest BCUT2D eigenvalue weighted by Gasteiger charge is 2.30. The number of nitrogens with two attached hydrogens (primary N) is 3. The largest absolute Gasteiger partial charge is 0.481 e. The Bertz CT molecular complexity index is 2180. The summed E-state index contributed by atoms with van der Waals surface area (Å²) < 4.78 is 0. The van der Waals surface area contributed by atoms with Crippen LogP contribution in [0.2, 0.25) is 0 Å². The highest BCUT2D eigenvalue weighted by Crippen LogP contribution is 2.19. The standard InChI is InChI=1S/C41H56N12O12/c1-22(35(59)51-28(13-14-34(57)58)37(61)47-20-33(56)50-29(40(64)65)12-7-15-45-41(43)44)49-32(55)19-48-38(62)30(17-24-18-46-27-11-6-5-10-25(24)27)52-39(63)31(21-54)53-36(60)26(42)16-23-8-3-2-4-9-23/h2-6,8-11,18,22,26,28-31,46,54H,7,12-17,19-21,42H2,1H3,(H,47,61)(H,48,62)(H,49,55)(H,50,56)(H,51,59)(H,52,63)(H,53,60)(H,57,58)(H,64,65)(H4,43,44,45)/t22-,26-,28+,29-,30-,31-/m0/s1. The van der Waals surface area contributed by atoms with E-state index in [2.05, 4.69) is 47.2 Å². The van der Waals surface area contributed by atoms with Crippen molar-refractivity contribution in [2.24, 2.45) is 22.2 Å². The minimum atomic E-state index is -1.51. The minimum absolute atomic E-state index is 0.0450. The number of aromatic nitrogens is 1. The molecule has 0 aliphatic heterocycles. The summed E-state index contributed by atoms with van der Waals surface area (Å²) in [6.45, 7) is -0.948. The van der Waals surface area contributed by atoms with E-state index in [-0.39, 0.29) is 38.2 Å². The van der Waals surface area contributed by atoms with Crippen LogP contribution in [0.5, 0.6) is 0 Å². The molecule has 3 rings (SSSR count). The second kappa shape index (κ2) is 26.1. The molecule has 0 fully saturated rings. The number of hydrogen-bond acceptors (Lipinski definition) is 12. The summed E-state index contributed by atoms with van der Waals surface area (Å²) in [5.74, 6) is -9.09. The van der Waals surface area contributed by atoms with Crippen LogP contribution in [0.4, 0.5) is 0 Å². The van der Waals surface area contributed by atoms with E-state index in [1.807, 2.05) is 0 Å². The molecule has 65 heavy (non-hydrogen) atoms. The number of carbonyl (C=O) groups excluding carboxylic acids is 7. The molecule has 24 heteroatoms. The third-order valence-electron chi connectivity index (χ3n) is 9.66. The van der Waals surface area contributed by atoms with E-state index in [4.69, 9.17) is 17.2 Å². The summed E-state index contributed by atoms with van der Waals surface area (Å²) in [4.78, 5) is 121. The van der Waals surface area contributed by atoms with Gasteiger partial charge < -0.3 is 74.7 Å². The van der Waals surface area contributed by atoms with Crippen LogP contribution in [-0.4, -0.2) is 142 Å². The van der Waals surface area contributed by atoms with Crippen molar-refractivity contribution in [2.75, 3.05) is 26.2 Å². The normalized spacial score (nSPS) is 13.6. The van der Waals surface area contributed by atoms with Gasteiger partial charge in [-0.1, -0.05) is 48.5 Å². The topological polar surface area (TPSA) is 405 Å². The van der Waals surface area contributed by atoms with Crippen molar-refractivity contribution in [3.05, 3.63) is 71.9 Å². The Balaban J connectivity index is 1.62. The molecule has 2 aromatic carbocycles. The molecule has 0 saturated carbocycles. The average molecular weight is 909 g/mol. The molecular weight excluding hydrogens is 853 g/mol. The van der Waals surface area contributed by atoms with Gasteiger partial charge in [0, 0.05) is 36.5 Å². The number of hydrogen-bond donors (Lipinski definition) is 14. The highest BCUT2D eigenvalue weighted by molar-refractivity contribution is 5.97. The van der Waals surface area contributed by atoms with Crippen LogP contribution >= 0.6 is 0 Å². The first-order chi connectivity index (χ1) is 30.9. The smallest absolute Gasteiger partial charge is 0.326 e. The van der Waals surface area contributed by atoms with Gasteiger partial charge in [0.15, 0.2) is 5.96 Å². The number of aliphatic hydroxyl groups is 1. The van der Waals surface area contributed by atoms with Gasteiger partial charge in [0.1, 0.15) is 30.2 Å². The Morgan fingerprint density at radius 1 is 0.677 bits per heavy atom. The van der Waals surface area contributed by atoms with Crippen molar-refractivity contribution in [3.63, 3.8) is 0 Å². The van der Waals surface area contributed by atoms with Gasteiger partial charge in [-0.15, -0.1) is 0 Å². The number of aliphatic hydroxyl groups excluding tert-OH is 1. The van der Waals surface area contributed by atoms with Crippen LogP contribution in [0.1, 0.15) is 43.7 Å². The fourth-order valence-corrected chi connectivity index (χ4v) is 6.21. The second-order valence-electron chi connectivity index (χ2n) is 14.8. The molecule has 0 bridgehead atoms. The number of H-pyrrole nitrogens is 1. The summed E-state index contributed by atoms with van der Waals surface area (Å²) >= 11 is 0. The first kappa shape index (κ1) is 51.7. The number of carboxylic acid groups (broad SMARTS) is 2. The lowest BCUT2D eigenvalue weighted by atomic mass is 10.0. The number of nitrogens with zero attached hydrogens (tertiary/aromatic N) is 1. The number of fused-ring (bicyclic) bond motifs is 1. The van der Waals surface area contributed by atoms with Gasteiger partial charge in [0.25, 0.3) is 0 Å². The van der Waals surface area contributed by atoms with Gasteiger partial charge in [-0.05, 0) is 49.8 Å². The molecule has 0 unspecified atom stereocenters. The molecule has 352 valence electrons. The van der Waals surface area contributed by atoms with Crippen LogP contribution in [0.15, 0.2) is 65.8 Å². The van der Waals surface area contributed by atoms with Crippen LogP contribution in [0.25, 0.3) is 10.9 Å².